The van der Waals surface area contributed by atoms with Gasteiger partial charge in [0, 0.05) is 24.2 Å². The summed E-state index contributed by atoms with van der Waals surface area (Å²) < 4.78 is 23.9. The number of nitrogens with two attached hydrogens (primary N) is 1. The third-order valence-electron chi connectivity index (χ3n) is 7.35. The first-order valence-electron chi connectivity index (χ1n) is 13.5. The monoisotopic (exact) mass is 536 g/mol. The van der Waals surface area contributed by atoms with Crippen LogP contribution in [0.3, 0.4) is 0 Å². The summed E-state index contributed by atoms with van der Waals surface area (Å²) in [4.78, 5) is 19.3. The van der Waals surface area contributed by atoms with Crippen LogP contribution in [0.2, 0.25) is 0 Å². The highest BCUT2D eigenvalue weighted by atomic mass is 32.2. The molecule has 3 rings (SSSR count). The van der Waals surface area contributed by atoms with Gasteiger partial charge in [0.25, 0.3) is 5.03 Å². The molecule has 1 aromatic rings. The second-order valence-electron chi connectivity index (χ2n) is 13.7. The van der Waals surface area contributed by atoms with Crippen molar-refractivity contribution in [3.8, 4) is 0 Å². The Labute approximate surface area is 226 Å². The zero-order chi connectivity index (χ0) is 27.8. The Balaban J connectivity index is 1.77. The standard InChI is InChI=1S/C28H48N4O4S/c1-25(2,3)35-24(33)32-18-19(15-26(32,4)5)13-14-21(20-16-27(6,7)36-28(8,9)17-20)30-22-11-10-12-23(31-22)37(29)34/h10-12,19-21H,13-18,29H2,1-9H3,(H,30,31). The molecule has 0 saturated carbocycles. The van der Waals surface area contributed by atoms with Crippen molar-refractivity contribution in [3.05, 3.63) is 18.2 Å². The van der Waals surface area contributed by atoms with Crippen molar-refractivity contribution in [3.63, 3.8) is 0 Å². The number of likely N-dealkylation sites (tertiary alicyclic amines) is 1. The number of hydrogen-bond acceptors (Lipinski definition) is 7. The molecule has 0 aliphatic carbocycles. The fourth-order valence-electron chi connectivity index (χ4n) is 6.31. The van der Waals surface area contributed by atoms with Gasteiger partial charge in [0.15, 0.2) is 0 Å². The van der Waals surface area contributed by atoms with Crippen molar-refractivity contribution < 1.29 is 18.8 Å². The summed E-state index contributed by atoms with van der Waals surface area (Å²) in [6.45, 7) is 19.3. The number of nitrogens with one attached hydrogen (secondary N) is 1. The quantitative estimate of drug-likeness (QED) is 0.433. The largest absolute Gasteiger partial charge is 0.592 e. The maximum Gasteiger partial charge on any atom is 0.410 e. The highest BCUT2D eigenvalue weighted by Gasteiger charge is 2.45. The number of carbonyl (C=O) groups excluding carboxylic acids is 1. The van der Waals surface area contributed by atoms with E-state index in [1.54, 1.807) is 6.07 Å². The van der Waals surface area contributed by atoms with Crippen molar-refractivity contribution in [2.45, 2.75) is 128 Å². The number of carbonyl (C=O) groups is 1. The van der Waals surface area contributed by atoms with E-state index in [0.29, 0.717) is 29.2 Å². The lowest BCUT2D eigenvalue weighted by Gasteiger charge is -2.48. The van der Waals surface area contributed by atoms with E-state index < -0.39 is 17.0 Å². The lowest BCUT2D eigenvalue weighted by atomic mass is 9.75. The maximum absolute atomic E-state index is 12.9. The Hall–Kier alpha value is -1.55. The average Bonchev–Trinajstić information content (AvgIpc) is 3.02. The summed E-state index contributed by atoms with van der Waals surface area (Å²) >= 11 is -1.63. The van der Waals surface area contributed by atoms with Gasteiger partial charge in [-0.2, -0.15) is 4.98 Å². The molecule has 0 bridgehead atoms. The van der Waals surface area contributed by atoms with E-state index >= 15 is 0 Å². The third-order valence-corrected chi connectivity index (χ3v) is 7.99. The molecule has 1 amide bonds. The van der Waals surface area contributed by atoms with Crippen molar-refractivity contribution >= 4 is 23.3 Å². The predicted molar refractivity (Wildman–Crippen MR) is 149 cm³/mol. The van der Waals surface area contributed by atoms with Gasteiger partial charge in [0.1, 0.15) is 11.4 Å². The van der Waals surface area contributed by atoms with Crippen LogP contribution in [-0.2, 0) is 20.8 Å². The summed E-state index contributed by atoms with van der Waals surface area (Å²) in [6, 6.07) is 5.57. The molecule has 3 atom stereocenters. The van der Waals surface area contributed by atoms with Gasteiger partial charge in [-0.3, -0.25) is 0 Å². The SMILES string of the molecule is CC(C)(C)OC(=O)N1CC(CCC(Nc2cccc([S+](N)[O-])n2)C2CC(C)(C)OC(C)(C)C2)CC1(C)C. The molecule has 2 fully saturated rings. The molecule has 9 heteroatoms. The van der Waals surface area contributed by atoms with Crippen LogP contribution in [0.4, 0.5) is 10.6 Å². The van der Waals surface area contributed by atoms with E-state index in [1.807, 2.05) is 37.8 Å². The molecule has 0 radical (unpaired) electrons. The molecule has 3 unspecified atom stereocenters. The van der Waals surface area contributed by atoms with Crippen molar-refractivity contribution in [2.75, 3.05) is 11.9 Å². The molecular formula is C28H48N4O4S. The number of rotatable bonds is 7. The molecule has 3 heterocycles. The van der Waals surface area contributed by atoms with Gasteiger partial charge in [-0.25, -0.2) is 4.79 Å². The van der Waals surface area contributed by atoms with Gasteiger partial charge in [-0.15, -0.1) is 5.14 Å². The van der Waals surface area contributed by atoms with E-state index in [0.717, 1.165) is 32.1 Å². The molecule has 2 aliphatic rings. The van der Waals surface area contributed by atoms with Crippen LogP contribution in [-0.4, -0.2) is 55.5 Å². The number of amides is 1. The van der Waals surface area contributed by atoms with E-state index in [1.165, 1.54) is 0 Å². The van der Waals surface area contributed by atoms with Crippen molar-refractivity contribution in [1.82, 2.24) is 9.88 Å². The van der Waals surface area contributed by atoms with Gasteiger partial charge < -0.3 is 24.2 Å². The first kappa shape index (κ1) is 30.0. The molecular weight excluding hydrogens is 488 g/mol. The van der Waals surface area contributed by atoms with Gasteiger partial charge in [0.05, 0.1) is 22.6 Å². The number of hydrogen-bond donors (Lipinski definition) is 2. The summed E-state index contributed by atoms with van der Waals surface area (Å²) in [6.07, 6.45) is 4.45. The van der Waals surface area contributed by atoms with Crippen LogP contribution in [0.1, 0.15) is 94.4 Å². The summed E-state index contributed by atoms with van der Waals surface area (Å²) in [5, 5.41) is 9.62. The molecule has 2 saturated heterocycles. The van der Waals surface area contributed by atoms with Gasteiger partial charge >= 0.3 is 6.09 Å². The summed E-state index contributed by atoms with van der Waals surface area (Å²) in [5.74, 6) is 1.43. The Morgan fingerprint density at radius 3 is 2.41 bits per heavy atom. The molecule has 0 aromatic carbocycles. The number of aromatic nitrogens is 1. The molecule has 3 N–H and O–H groups in total. The predicted octanol–water partition coefficient (Wildman–Crippen LogP) is 5.64. The van der Waals surface area contributed by atoms with E-state index in [4.69, 9.17) is 14.6 Å². The average molecular weight is 537 g/mol. The molecule has 0 spiro atoms. The molecule has 37 heavy (non-hydrogen) atoms. The van der Waals surface area contributed by atoms with E-state index in [9.17, 15) is 9.35 Å². The van der Waals surface area contributed by atoms with Crippen LogP contribution in [0.15, 0.2) is 23.2 Å². The zero-order valence-corrected chi connectivity index (χ0v) is 25.0. The number of pyridine rings is 1. The zero-order valence-electron chi connectivity index (χ0n) is 24.2. The lowest BCUT2D eigenvalue weighted by Crippen LogP contribution is -2.49. The van der Waals surface area contributed by atoms with E-state index in [-0.39, 0.29) is 28.9 Å². The molecule has 1 aromatic heterocycles. The number of anilines is 1. The third kappa shape index (κ3) is 8.47. The maximum atomic E-state index is 12.9. The summed E-state index contributed by atoms with van der Waals surface area (Å²) in [5.41, 5.74) is -1.23. The Bertz CT molecular complexity index is 928. The second kappa shape index (κ2) is 10.9. The van der Waals surface area contributed by atoms with Gasteiger partial charge in [-0.1, -0.05) is 6.07 Å². The molecule has 2 aliphatic heterocycles. The van der Waals surface area contributed by atoms with Gasteiger partial charge in [0.2, 0.25) is 0 Å². The van der Waals surface area contributed by atoms with Crippen LogP contribution >= 0.6 is 0 Å². The minimum atomic E-state index is -1.63. The van der Waals surface area contributed by atoms with E-state index in [2.05, 4.69) is 51.8 Å². The van der Waals surface area contributed by atoms with Crippen LogP contribution < -0.4 is 10.5 Å². The normalized spacial score (nSPS) is 24.9. The van der Waals surface area contributed by atoms with Crippen molar-refractivity contribution in [2.24, 2.45) is 17.0 Å². The Kier molecular flexibility index (Phi) is 8.84. The van der Waals surface area contributed by atoms with Crippen LogP contribution in [0, 0.1) is 11.8 Å². The van der Waals surface area contributed by atoms with Crippen molar-refractivity contribution in [1.29, 1.82) is 0 Å². The first-order valence-corrected chi connectivity index (χ1v) is 14.7. The first-order chi connectivity index (χ1) is 16.9. The highest BCUT2D eigenvalue weighted by Crippen LogP contribution is 2.42. The fourth-order valence-corrected chi connectivity index (χ4v) is 6.71. The Morgan fingerprint density at radius 2 is 1.84 bits per heavy atom. The Morgan fingerprint density at radius 1 is 1.22 bits per heavy atom. The summed E-state index contributed by atoms with van der Waals surface area (Å²) in [7, 11) is 0. The fraction of sp³-hybridized carbons (Fsp3) is 0.786. The number of ether oxygens (including phenoxy) is 2. The second-order valence-corrected chi connectivity index (χ2v) is 14.8. The minimum absolute atomic E-state index is 0.148. The molecule has 210 valence electrons. The molecule has 8 nitrogen and oxygen atoms in total. The minimum Gasteiger partial charge on any atom is -0.592 e. The topological polar surface area (TPSA) is 113 Å². The van der Waals surface area contributed by atoms with Gasteiger partial charge in [-0.05, 0) is 112 Å². The smallest absolute Gasteiger partial charge is 0.410 e. The highest BCUT2D eigenvalue weighted by molar-refractivity contribution is 7.89. The lowest BCUT2D eigenvalue weighted by molar-refractivity contribution is -0.174. The number of nitrogens with zero attached hydrogens (tertiary/aromatic N) is 2. The van der Waals surface area contributed by atoms with Crippen LogP contribution in [0.25, 0.3) is 0 Å². The van der Waals surface area contributed by atoms with Crippen LogP contribution in [0.5, 0.6) is 0 Å².